The van der Waals surface area contributed by atoms with E-state index in [-0.39, 0.29) is 32.0 Å². The number of anilines is 1. The first kappa shape index (κ1) is 21.2. The summed E-state index contributed by atoms with van der Waals surface area (Å²) < 4.78 is 38.5. The predicted octanol–water partition coefficient (Wildman–Crippen LogP) is 2.94. The Balaban J connectivity index is 1.81. The standard InChI is InChI=1S/C19H26F3N3O2/c1-12-7-13(2)18(14(3)8-12)24-16(26)9-23-17(27)11-25-6-4-5-15(10-25)19(20,21)22/h7-8,15H,4-6,9-11H2,1-3H3,(H,23,27)(H,24,26)/t15-/m1/s1. The van der Waals surface area contributed by atoms with Crippen molar-refractivity contribution >= 4 is 17.5 Å². The lowest BCUT2D eigenvalue weighted by Gasteiger charge is -2.33. The molecule has 5 nitrogen and oxygen atoms in total. The number of rotatable bonds is 5. The van der Waals surface area contributed by atoms with Crippen LogP contribution in [0.1, 0.15) is 29.5 Å². The monoisotopic (exact) mass is 385 g/mol. The molecule has 2 amide bonds. The van der Waals surface area contributed by atoms with Crippen molar-refractivity contribution in [2.45, 2.75) is 39.8 Å². The molecule has 1 aliphatic rings. The summed E-state index contributed by atoms with van der Waals surface area (Å²) in [4.78, 5) is 25.6. The fourth-order valence-corrected chi connectivity index (χ4v) is 3.46. The fourth-order valence-electron chi connectivity index (χ4n) is 3.46. The molecule has 27 heavy (non-hydrogen) atoms. The molecule has 2 N–H and O–H groups in total. The van der Waals surface area contributed by atoms with E-state index >= 15 is 0 Å². The maximum absolute atomic E-state index is 12.8. The third kappa shape index (κ3) is 6.23. The number of alkyl halides is 3. The van der Waals surface area contributed by atoms with E-state index in [1.54, 1.807) is 0 Å². The molecule has 2 rings (SSSR count). The second-order valence-electron chi connectivity index (χ2n) is 7.21. The highest BCUT2D eigenvalue weighted by atomic mass is 19.4. The van der Waals surface area contributed by atoms with E-state index in [2.05, 4.69) is 10.6 Å². The zero-order chi connectivity index (χ0) is 20.2. The number of halogens is 3. The van der Waals surface area contributed by atoms with Crippen molar-refractivity contribution in [3.63, 3.8) is 0 Å². The molecule has 1 aromatic rings. The summed E-state index contributed by atoms with van der Waals surface area (Å²) in [5.41, 5.74) is 3.66. The molecule has 1 saturated heterocycles. The number of amides is 2. The van der Waals surface area contributed by atoms with Crippen molar-refractivity contribution in [3.05, 3.63) is 28.8 Å². The summed E-state index contributed by atoms with van der Waals surface area (Å²) >= 11 is 0. The Morgan fingerprint density at radius 3 is 2.37 bits per heavy atom. The van der Waals surface area contributed by atoms with Gasteiger partial charge in [0, 0.05) is 12.2 Å². The highest BCUT2D eigenvalue weighted by molar-refractivity contribution is 5.96. The van der Waals surface area contributed by atoms with Crippen LogP contribution in [0.2, 0.25) is 0 Å². The smallest absolute Gasteiger partial charge is 0.346 e. The lowest BCUT2D eigenvalue weighted by atomic mass is 9.97. The Bertz CT molecular complexity index is 681. The van der Waals surface area contributed by atoms with Gasteiger partial charge in [-0.1, -0.05) is 17.7 Å². The van der Waals surface area contributed by atoms with Crippen molar-refractivity contribution in [1.29, 1.82) is 0 Å². The summed E-state index contributed by atoms with van der Waals surface area (Å²) in [6.07, 6.45) is -3.73. The van der Waals surface area contributed by atoms with Crippen molar-refractivity contribution in [2.75, 3.05) is 31.5 Å². The summed E-state index contributed by atoms with van der Waals surface area (Å²) in [5, 5.41) is 5.26. The van der Waals surface area contributed by atoms with Gasteiger partial charge in [0.2, 0.25) is 11.8 Å². The highest BCUT2D eigenvalue weighted by Gasteiger charge is 2.41. The molecule has 0 aromatic heterocycles. The van der Waals surface area contributed by atoms with Gasteiger partial charge in [-0.05, 0) is 51.3 Å². The van der Waals surface area contributed by atoms with Gasteiger partial charge in [0.15, 0.2) is 0 Å². The third-order valence-corrected chi connectivity index (χ3v) is 4.72. The molecule has 1 fully saturated rings. The van der Waals surface area contributed by atoms with Crippen LogP contribution in [0, 0.1) is 26.7 Å². The van der Waals surface area contributed by atoms with E-state index in [0.717, 1.165) is 16.7 Å². The van der Waals surface area contributed by atoms with Gasteiger partial charge in [0.05, 0.1) is 19.0 Å². The molecular weight excluding hydrogens is 359 g/mol. The molecule has 0 saturated carbocycles. The fraction of sp³-hybridized carbons (Fsp3) is 0.579. The number of piperidine rings is 1. The molecular formula is C19H26F3N3O2. The van der Waals surface area contributed by atoms with Gasteiger partial charge in [0.1, 0.15) is 0 Å². The number of carbonyl (C=O) groups excluding carboxylic acids is 2. The second-order valence-corrected chi connectivity index (χ2v) is 7.21. The van der Waals surface area contributed by atoms with E-state index in [9.17, 15) is 22.8 Å². The highest BCUT2D eigenvalue weighted by Crippen LogP contribution is 2.32. The SMILES string of the molecule is Cc1cc(C)c(NC(=O)CNC(=O)CN2CCC[C@@H](C(F)(F)F)C2)c(C)c1. The lowest BCUT2D eigenvalue weighted by Crippen LogP contribution is -2.46. The van der Waals surface area contributed by atoms with Crippen molar-refractivity contribution in [1.82, 2.24) is 10.2 Å². The molecule has 150 valence electrons. The number of carbonyl (C=O) groups is 2. The molecule has 0 bridgehead atoms. The molecule has 0 spiro atoms. The average molecular weight is 385 g/mol. The molecule has 0 radical (unpaired) electrons. The van der Waals surface area contributed by atoms with Crippen LogP contribution in [0.4, 0.5) is 18.9 Å². The van der Waals surface area contributed by atoms with Gasteiger partial charge < -0.3 is 10.6 Å². The number of hydrogen-bond acceptors (Lipinski definition) is 3. The first-order valence-electron chi connectivity index (χ1n) is 8.99. The average Bonchev–Trinajstić information content (AvgIpc) is 2.56. The van der Waals surface area contributed by atoms with E-state index in [1.165, 1.54) is 4.90 Å². The van der Waals surface area contributed by atoms with Gasteiger partial charge in [-0.15, -0.1) is 0 Å². The number of hydrogen-bond donors (Lipinski definition) is 2. The zero-order valence-electron chi connectivity index (χ0n) is 15.9. The van der Waals surface area contributed by atoms with E-state index in [4.69, 9.17) is 0 Å². The number of nitrogens with zero attached hydrogens (tertiary/aromatic N) is 1. The number of nitrogens with one attached hydrogen (secondary N) is 2. The van der Waals surface area contributed by atoms with Crippen LogP contribution in [0.5, 0.6) is 0 Å². The van der Waals surface area contributed by atoms with Crippen molar-refractivity contribution in [3.8, 4) is 0 Å². The summed E-state index contributed by atoms with van der Waals surface area (Å²) in [7, 11) is 0. The maximum atomic E-state index is 12.8. The summed E-state index contributed by atoms with van der Waals surface area (Å²) in [6.45, 7) is 5.67. The Kier molecular flexibility index (Phi) is 6.86. The van der Waals surface area contributed by atoms with E-state index < -0.39 is 18.0 Å². The topological polar surface area (TPSA) is 61.4 Å². The van der Waals surface area contributed by atoms with E-state index in [0.29, 0.717) is 18.7 Å². The number of likely N-dealkylation sites (tertiary alicyclic amines) is 1. The van der Waals surface area contributed by atoms with Gasteiger partial charge in [-0.25, -0.2) is 0 Å². The van der Waals surface area contributed by atoms with Crippen LogP contribution in [0.15, 0.2) is 12.1 Å². The minimum Gasteiger partial charge on any atom is -0.346 e. The molecule has 0 unspecified atom stereocenters. The second kappa shape index (κ2) is 8.73. The zero-order valence-corrected chi connectivity index (χ0v) is 15.9. The Morgan fingerprint density at radius 1 is 1.15 bits per heavy atom. The van der Waals surface area contributed by atoms with Crippen LogP contribution in [0.25, 0.3) is 0 Å². The summed E-state index contributed by atoms with van der Waals surface area (Å²) in [5.74, 6) is -2.22. The van der Waals surface area contributed by atoms with E-state index in [1.807, 2.05) is 32.9 Å². The Labute approximate surface area is 157 Å². The van der Waals surface area contributed by atoms with Gasteiger partial charge in [0.25, 0.3) is 0 Å². The Hall–Kier alpha value is -2.09. The van der Waals surface area contributed by atoms with Gasteiger partial charge in [-0.3, -0.25) is 14.5 Å². The number of benzene rings is 1. The van der Waals surface area contributed by atoms with Crippen LogP contribution >= 0.6 is 0 Å². The van der Waals surface area contributed by atoms with Crippen molar-refractivity contribution in [2.24, 2.45) is 5.92 Å². The van der Waals surface area contributed by atoms with Crippen molar-refractivity contribution < 1.29 is 22.8 Å². The largest absolute Gasteiger partial charge is 0.393 e. The van der Waals surface area contributed by atoms with Crippen LogP contribution < -0.4 is 10.6 Å². The normalized spacial score (nSPS) is 18.2. The van der Waals surface area contributed by atoms with Crippen LogP contribution in [0.3, 0.4) is 0 Å². The molecule has 8 heteroatoms. The minimum atomic E-state index is -4.24. The first-order valence-corrected chi connectivity index (χ1v) is 8.99. The van der Waals surface area contributed by atoms with Crippen LogP contribution in [-0.4, -0.2) is 49.1 Å². The minimum absolute atomic E-state index is 0.0965. The van der Waals surface area contributed by atoms with Crippen LogP contribution in [-0.2, 0) is 9.59 Å². The molecule has 1 aromatic carbocycles. The van der Waals surface area contributed by atoms with Gasteiger partial charge in [-0.2, -0.15) is 13.2 Å². The molecule has 1 atom stereocenters. The molecule has 1 aliphatic heterocycles. The number of aryl methyl sites for hydroxylation is 3. The molecule has 1 heterocycles. The third-order valence-electron chi connectivity index (χ3n) is 4.72. The Morgan fingerprint density at radius 2 is 1.78 bits per heavy atom. The molecule has 0 aliphatic carbocycles. The predicted molar refractivity (Wildman–Crippen MR) is 97.5 cm³/mol. The van der Waals surface area contributed by atoms with Gasteiger partial charge >= 0.3 is 6.18 Å². The summed E-state index contributed by atoms with van der Waals surface area (Å²) in [6, 6.07) is 3.91. The maximum Gasteiger partial charge on any atom is 0.393 e. The quantitative estimate of drug-likeness (QED) is 0.819. The lowest BCUT2D eigenvalue weighted by molar-refractivity contribution is -0.187. The first-order chi connectivity index (χ1) is 12.6.